The van der Waals surface area contributed by atoms with Gasteiger partial charge in [-0.3, -0.25) is 9.69 Å². The summed E-state index contributed by atoms with van der Waals surface area (Å²) < 4.78 is 24.4. The average Bonchev–Trinajstić information content (AvgIpc) is 3.41. The lowest BCUT2D eigenvalue weighted by molar-refractivity contribution is 0.0524. The molecule has 8 heteroatoms. The van der Waals surface area contributed by atoms with Crippen LogP contribution in [0.25, 0.3) is 11.4 Å². The van der Waals surface area contributed by atoms with Crippen LogP contribution in [0.5, 0.6) is 0 Å². The molecule has 1 aliphatic heterocycles. The fourth-order valence-electron chi connectivity index (χ4n) is 3.28. The van der Waals surface area contributed by atoms with Gasteiger partial charge >= 0.3 is 0 Å². The standard InChI is InChI=1S/C20H21FN4O3/c1-13-5-6-15(12-16(13)21)18-22-19(28-23-18)14(2)24-7-9-25(10-8-24)20(26)17-4-3-11-27-17/h3-6,11-12,14H,7-10H2,1-2H3. The van der Waals surface area contributed by atoms with E-state index in [0.29, 0.717) is 54.8 Å². The molecule has 1 aromatic carbocycles. The summed E-state index contributed by atoms with van der Waals surface area (Å²) in [5.41, 5.74) is 1.15. The zero-order valence-corrected chi connectivity index (χ0v) is 15.8. The Balaban J connectivity index is 1.40. The monoisotopic (exact) mass is 384 g/mol. The number of hydrogen-bond donors (Lipinski definition) is 0. The minimum Gasteiger partial charge on any atom is -0.459 e. The highest BCUT2D eigenvalue weighted by Gasteiger charge is 2.29. The number of aryl methyl sites for hydroxylation is 1. The Morgan fingerprint density at radius 2 is 2.00 bits per heavy atom. The van der Waals surface area contributed by atoms with E-state index in [0.717, 1.165) is 0 Å². The van der Waals surface area contributed by atoms with Gasteiger partial charge < -0.3 is 13.8 Å². The van der Waals surface area contributed by atoms with Crippen molar-refractivity contribution in [1.82, 2.24) is 19.9 Å². The van der Waals surface area contributed by atoms with Crippen molar-refractivity contribution in [2.75, 3.05) is 26.2 Å². The van der Waals surface area contributed by atoms with Gasteiger partial charge in [-0.15, -0.1) is 0 Å². The Kier molecular flexibility index (Phi) is 4.95. The van der Waals surface area contributed by atoms with Crippen LogP contribution in [0.1, 0.15) is 35.0 Å². The third kappa shape index (κ3) is 3.55. The van der Waals surface area contributed by atoms with Crippen LogP contribution in [-0.2, 0) is 0 Å². The minimum atomic E-state index is -0.297. The van der Waals surface area contributed by atoms with Crippen LogP contribution in [0.15, 0.2) is 45.5 Å². The quantitative estimate of drug-likeness (QED) is 0.687. The zero-order chi connectivity index (χ0) is 19.7. The summed E-state index contributed by atoms with van der Waals surface area (Å²) in [6, 6.07) is 8.16. The van der Waals surface area contributed by atoms with E-state index in [-0.39, 0.29) is 17.8 Å². The van der Waals surface area contributed by atoms with E-state index >= 15 is 0 Å². The van der Waals surface area contributed by atoms with Crippen LogP contribution in [0.3, 0.4) is 0 Å². The van der Waals surface area contributed by atoms with Gasteiger partial charge in [-0.1, -0.05) is 17.3 Å². The Labute approximate surface area is 161 Å². The van der Waals surface area contributed by atoms with Crippen molar-refractivity contribution < 1.29 is 18.1 Å². The first kappa shape index (κ1) is 18.4. The predicted molar refractivity (Wildman–Crippen MR) is 99.0 cm³/mol. The summed E-state index contributed by atoms with van der Waals surface area (Å²) >= 11 is 0. The van der Waals surface area contributed by atoms with Gasteiger partial charge in [-0.2, -0.15) is 4.98 Å². The molecule has 146 valence electrons. The summed E-state index contributed by atoms with van der Waals surface area (Å²) in [6.07, 6.45) is 1.50. The summed E-state index contributed by atoms with van der Waals surface area (Å²) in [5.74, 6) is 0.801. The van der Waals surface area contributed by atoms with Crippen molar-refractivity contribution in [2.45, 2.75) is 19.9 Å². The van der Waals surface area contributed by atoms with E-state index in [1.54, 1.807) is 36.1 Å². The van der Waals surface area contributed by atoms with Gasteiger partial charge in [-0.05, 0) is 37.6 Å². The molecule has 0 saturated carbocycles. The average molecular weight is 384 g/mol. The Morgan fingerprint density at radius 3 is 2.68 bits per heavy atom. The second-order valence-corrected chi connectivity index (χ2v) is 6.90. The van der Waals surface area contributed by atoms with E-state index in [1.807, 2.05) is 6.92 Å². The molecule has 1 amide bonds. The highest BCUT2D eigenvalue weighted by Crippen LogP contribution is 2.25. The Hall–Kier alpha value is -3.00. The van der Waals surface area contributed by atoms with Crippen LogP contribution in [-0.4, -0.2) is 52.0 Å². The molecule has 0 spiro atoms. The lowest BCUT2D eigenvalue weighted by Gasteiger charge is -2.36. The smallest absolute Gasteiger partial charge is 0.289 e. The van der Waals surface area contributed by atoms with E-state index in [1.165, 1.54) is 12.3 Å². The molecule has 2 aromatic heterocycles. The molecule has 0 radical (unpaired) electrons. The number of halogens is 1. The molecular weight excluding hydrogens is 363 g/mol. The molecule has 1 fully saturated rings. The fraction of sp³-hybridized carbons (Fsp3) is 0.350. The lowest BCUT2D eigenvalue weighted by Crippen LogP contribution is -2.49. The predicted octanol–water partition coefficient (Wildman–Crippen LogP) is 3.30. The molecular formula is C20H21FN4O3. The number of rotatable bonds is 4. The van der Waals surface area contributed by atoms with Crippen molar-refractivity contribution in [3.8, 4) is 11.4 Å². The van der Waals surface area contributed by atoms with Crippen LogP contribution >= 0.6 is 0 Å². The number of amides is 1. The first-order chi connectivity index (χ1) is 13.5. The molecule has 4 rings (SSSR count). The Bertz CT molecular complexity index is 962. The summed E-state index contributed by atoms with van der Waals surface area (Å²) in [4.78, 5) is 20.8. The Morgan fingerprint density at radius 1 is 1.21 bits per heavy atom. The van der Waals surface area contributed by atoms with Crippen molar-refractivity contribution in [1.29, 1.82) is 0 Å². The maximum absolute atomic E-state index is 13.8. The second kappa shape index (κ2) is 7.55. The largest absolute Gasteiger partial charge is 0.459 e. The normalized spacial score (nSPS) is 16.3. The number of carbonyl (C=O) groups is 1. The van der Waals surface area contributed by atoms with Gasteiger partial charge in [-0.25, -0.2) is 4.39 Å². The number of carbonyl (C=O) groups excluding carboxylic acids is 1. The third-order valence-electron chi connectivity index (χ3n) is 5.11. The maximum atomic E-state index is 13.8. The minimum absolute atomic E-state index is 0.0984. The topological polar surface area (TPSA) is 75.6 Å². The summed E-state index contributed by atoms with van der Waals surface area (Å²) in [6.45, 7) is 6.24. The van der Waals surface area contributed by atoms with E-state index in [2.05, 4.69) is 15.0 Å². The number of furan rings is 1. The van der Waals surface area contributed by atoms with E-state index in [4.69, 9.17) is 8.94 Å². The molecule has 1 atom stereocenters. The van der Waals surface area contributed by atoms with Crippen LogP contribution in [0.2, 0.25) is 0 Å². The third-order valence-corrected chi connectivity index (χ3v) is 5.11. The van der Waals surface area contributed by atoms with Crippen LogP contribution < -0.4 is 0 Å². The zero-order valence-electron chi connectivity index (χ0n) is 15.8. The van der Waals surface area contributed by atoms with Gasteiger partial charge in [0.2, 0.25) is 11.7 Å². The molecule has 1 saturated heterocycles. The van der Waals surface area contributed by atoms with Gasteiger partial charge in [0.25, 0.3) is 5.91 Å². The van der Waals surface area contributed by atoms with Crippen LogP contribution in [0.4, 0.5) is 4.39 Å². The fourth-order valence-corrected chi connectivity index (χ4v) is 3.28. The molecule has 0 aliphatic carbocycles. The lowest BCUT2D eigenvalue weighted by atomic mass is 10.1. The summed E-state index contributed by atoms with van der Waals surface area (Å²) in [5, 5.41) is 3.99. The van der Waals surface area contributed by atoms with Crippen molar-refractivity contribution in [2.24, 2.45) is 0 Å². The van der Waals surface area contributed by atoms with E-state index in [9.17, 15) is 9.18 Å². The molecule has 0 bridgehead atoms. The number of aromatic nitrogens is 2. The van der Waals surface area contributed by atoms with Crippen molar-refractivity contribution >= 4 is 5.91 Å². The number of nitrogens with zero attached hydrogens (tertiary/aromatic N) is 4. The number of benzene rings is 1. The van der Waals surface area contributed by atoms with Gasteiger partial charge in [0, 0.05) is 31.7 Å². The van der Waals surface area contributed by atoms with Crippen molar-refractivity contribution in [3.05, 3.63) is 59.6 Å². The van der Waals surface area contributed by atoms with Crippen molar-refractivity contribution in [3.63, 3.8) is 0 Å². The van der Waals surface area contributed by atoms with E-state index < -0.39 is 0 Å². The molecule has 3 heterocycles. The first-order valence-corrected chi connectivity index (χ1v) is 9.20. The van der Waals surface area contributed by atoms with Gasteiger partial charge in [0.1, 0.15) is 5.82 Å². The molecule has 1 unspecified atom stereocenters. The highest BCUT2D eigenvalue weighted by atomic mass is 19.1. The molecule has 1 aliphatic rings. The molecule has 7 nitrogen and oxygen atoms in total. The molecule has 3 aromatic rings. The second-order valence-electron chi connectivity index (χ2n) is 6.90. The maximum Gasteiger partial charge on any atom is 0.289 e. The van der Waals surface area contributed by atoms with Gasteiger partial charge in [0.05, 0.1) is 12.3 Å². The summed E-state index contributed by atoms with van der Waals surface area (Å²) in [7, 11) is 0. The number of piperazine rings is 1. The SMILES string of the molecule is Cc1ccc(-c2noc(C(C)N3CCN(C(=O)c4ccco4)CC3)n2)cc1F. The van der Waals surface area contributed by atoms with Crippen LogP contribution in [0, 0.1) is 12.7 Å². The van der Waals surface area contributed by atoms with Gasteiger partial charge in [0.15, 0.2) is 5.76 Å². The highest BCUT2D eigenvalue weighted by molar-refractivity contribution is 5.91. The molecule has 28 heavy (non-hydrogen) atoms. The number of hydrogen-bond acceptors (Lipinski definition) is 6. The first-order valence-electron chi connectivity index (χ1n) is 9.20. The molecule has 0 N–H and O–H groups in total.